The van der Waals surface area contributed by atoms with Gasteiger partial charge in [0.2, 0.25) is 0 Å². The Labute approximate surface area is 57.7 Å². The highest BCUT2D eigenvalue weighted by Crippen LogP contribution is 1.76. The van der Waals surface area contributed by atoms with Gasteiger partial charge in [0.1, 0.15) is 0 Å². The van der Waals surface area contributed by atoms with Gasteiger partial charge < -0.3 is 10.4 Å². The number of hydrogen-bond donors (Lipinski definition) is 3. The predicted octanol–water partition coefficient (Wildman–Crippen LogP) is 0.497. The Morgan fingerprint density at radius 2 is 1.90 bits per heavy atom. The molecule has 0 rings (SSSR count). The van der Waals surface area contributed by atoms with Gasteiger partial charge in [-0.15, -0.1) is 0 Å². The lowest BCUT2D eigenvalue weighted by atomic mass is 10.6. The van der Waals surface area contributed by atoms with E-state index in [1.807, 2.05) is 0 Å². The maximum Gasteiger partial charge on any atom is 0.412 e. The van der Waals surface area contributed by atoms with Gasteiger partial charge in [0.05, 0.1) is 0 Å². The van der Waals surface area contributed by atoms with Crippen molar-refractivity contribution >= 4 is 12.1 Å². The fourth-order valence-corrected chi connectivity index (χ4v) is 0.322. The zero-order valence-electron chi connectivity index (χ0n) is 5.47. The van der Waals surface area contributed by atoms with Crippen molar-refractivity contribution in [3.05, 3.63) is 12.3 Å². The van der Waals surface area contributed by atoms with Crippen LogP contribution in [-0.4, -0.2) is 17.2 Å². The molecule has 0 spiro atoms. The van der Waals surface area contributed by atoms with Gasteiger partial charge in [-0.25, -0.2) is 14.9 Å². The van der Waals surface area contributed by atoms with Crippen LogP contribution in [0.3, 0.4) is 0 Å². The smallest absolute Gasteiger partial charge is 0.412 e. The van der Waals surface area contributed by atoms with Gasteiger partial charge >= 0.3 is 12.1 Å². The average Bonchev–Trinajstić information content (AvgIpc) is 1.58. The lowest BCUT2D eigenvalue weighted by molar-refractivity contribution is 0.192. The maximum absolute atomic E-state index is 10.4. The van der Waals surface area contributed by atoms with E-state index in [0.717, 1.165) is 0 Å². The van der Waals surface area contributed by atoms with E-state index in [1.54, 1.807) is 12.2 Å². The Morgan fingerprint density at radius 3 is 2.20 bits per heavy atom. The third-order valence-electron chi connectivity index (χ3n) is 0.547. The van der Waals surface area contributed by atoms with Crippen LogP contribution in [0.4, 0.5) is 9.59 Å². The van der Waals surface area contributed by atoms with Gasteiger partial charge in [-0.05, 0) is 6.92 Å². The maximum atomic E-state index is 10.4. The summed E-state index contributed by atoms with van der Waals surface area (Å²) >= 11 is 0. The first kappa shape index (κ1) is 8.48. The van der Waals surface area contributed by atoms with Crippen LogP contribution in [0.15, 0.2) is 12.3 Å². The Balaban J connectivity index is 3.65. The molecule has 0 aliphatic rings. The van der Waals surface area contributed by atoms with Crippen LogP contribution in [0.5, 0.6) is 0 Å². The van der Waals surface area contributed by atoms with Crippen LogP contribution >= 0.6 is 0 Å². The number of carbonyl (C=O) groups is 2. The van der Waals surface area contributed by atoms with Gasteiger partial charge in [-0.1, -0.05) is 6.58 Å². The van der Waals surface area contributed by atoms with Crippen molar-refractivity contribution in [1.82, 2.24) is 10.6 Å². The Morgan fingerprint density at radius 1 is 1.40 bits per heavy atom. The van der Waals surface area contributed by atoms with Crippen molar-refractivity contribution in [2.75, 3.05) is 0 Å². The van der Waals surface area contributed by atoms with Crippen molar-refractivity contribution in [2.24, 2.45) is 0 Å². The summed E-state index contributed by atoms with van der Waals surface area (Å²) in [6, 6.07) is -0.792. The zero-order chi connectivity index (χ0) is 8.15. The van der Waals surface area contributed by atoms with Crippen LogP contribution in [0.25, 0.3) is 0 Å². The number of carbonyl (C=O) groups excluding carboxylic acids is 1. The quantitative estimate of drug-likeness (QED) is 0.501. The lowest BCUT2D eigenvalue weighted by Gasteiger charge is -2.00. The largest absolute Gasteiger partial charge is 0.465 e. The van der Waals surface area contributed by atoms with Crippen LogP contribution in [0.2, 0.25) is 0 Å². The number of allylic oxidation sites excluding steroid dienone is 1. The van der Waals surface area contributed by atoms with Gasteiger partial charge in [0, 0.05) is 5.70 Å². The molecule has 0 aromatic carbocycles. The van der Waals surface area contributed by atoms with E-state index in [2.05, 4.69) is 11.9 Å². The van der Waals surface area contributed by atoms with Crippen LogP contribution in [0, 0.1) is 0 Å². The highest BCUT2D eigenvalue weighted by molar-refractivity contribution is 5.90. The van der Waals surface area contributed by atoms with Gasteiger partial charge in [-0.3, -0.25) is 0 Å². The molecule has 10 heavy (non-hydrogen) atoms. The van der Waals surface area contributed by atoms with E-state index >= 15 is 0 Å². The second kappa shape index (κ2) is 3.49. The summed E-state index contributed by atoms with van der Waals surface area (Å²) in [5.74, 6) is 0. The van der Waals surface area contributed by atoms with E-state index < -0.39 is 12.1 Å². The zero-order valence-corrected chi connectivity index (χ0v) is 5.47. The Hall–Kier alpha value is -1.52. The first-order valence-electron chi connectivity index (χ1n) is 2.49. The summed E-state index contributed by atoms with van der Waals surface area (Å²) in [5, 5.41) is 11.7. The molecule has 0 fully saturated rings. The minimum absolute atomic E-state index is 0.388. The van der Waals surface area contributed by atoms with E-state index in [1.165, 1.54) is 0 Å². The summed E-state index contributed by atoms with van der Waals surface area (Å²) < 4.78 is 0. The third-order valence-corrected chi connectivity index (χ3v) is 0.547. The van der Waals surface area contributed by atoms with E-state index in [-0.39, 0.29) is 0 Å². The van der Waals surface area contributed by atoms with Crippen molar-refractivity contribution < 1.29 is 14.7 Å². The number of rotatable bonds is 1. The molecule has 0 unspecified atom stereocenters. The standard InChI is InChI=1S/C5H8N2O3/c1-3(2)6-4(8)7-5(9)10/h1H2,2H3,(H,9,10)(H2,6,7,8). The number of hydrogen-bond acceptors (Lipinski definition) is 2. The van der Waals surface area contributed by atoms with Gasteiger partial charge in [-0.2, -0.15) is 0 Å². The first-order chi connectivity index (χ1) is 4.52. The molecule has 0 aromatic rings. The molecule has 0 heterocycles. The SMILES string of the molecule is C=C(C)NC(=O)NC(=O)O. The summed E-state index contributed by atoms with van der Waals surface area (Å²) in [4.78, 5) is 20.2. The van der Waals surface area contributed by atoms with Gasteiger partial charge in [0.25, 0.3) is 0 Å². The van der Waals surface area contributed by atoms with Crippen molar-refractivity contribution in [2.45, 2.75) is 6.92 Å². The highest BCUT2D eigenvalue weighted by Gasteiger charge is 2.02. The monoisotopic (exact) mass is 144 g/mol. The average molecular weight is 144 g/mol. The van der Waals surface area contributed by atoms with E-state index in [9.17, 15) is 9.59 Å². The molecule has 0 bridgehead atoms. The summed E-state index contributed by atoms with van der Waals surface area (Å²) in [6.45, 7) is 4.88. The predicted molar refractivity (Wildman–Crippen MR) is 34.5 cm³/mol. The first-order valence-corrected chi connectivity index (χ1v) is 2.49. The fourth-order valence-electron chi connectivity index (χ4n) is 0.322. The molecule has 5 heteroatoms. The minimum atomic E-state index is -1.39. The molecule has 0 saturated carbocycles. The fraction of sp³-hybridized carbons (Fsp3) is 0.200. The van der Waals surface area contributed by atoms with E-state index in [0.29, 0.717) is 5.70 Å². The van der Waals surface area contributed by atoms with Crippen LogP contribution < -0.4 is 10.6 Å². The van der Waals surface area contributed by atoms with E-state index in [4.69, 9.17) is 5.11 Å². The topological polar surface area (TPSA) is 78.4 Å². The summed E-state index contributed by atoms with van der Waals surface area (Å²) in [7, 11) is 0. The molecule has 0 aromatic heterocycles. The molecule has 56 valence electrons. The lowest BCUT2D eigenvalue weighted by Crippen LogP contribution is -2.37. The van der Waals surface area contributed by atoms with Crippen molar-refractivity contribution in [1.29, 1.82) is 0 Å². The Kier molecular flexibility index (Phi) is 2.96. The number of imide groups is 1. The van der Waals surface area contributed by atoms with Crippen LogP contribution in [0.1, 0.15) is 6.92 Å². The molecule has 3 amide bonds. The molecule has 5 nitrogen and oxygen atoms in total. The molecular formula is C5H8N2O3. The summed E-state index contributed by atoms with van der Waals surface area (Å²) in [5.41, 5.74) is 0.388. The molecule has 0 atom stereocenters. The third kappa shape index (κ3) is 4.63. The normalized spacial score (nSPS) is 8.10. The molecular weight excluding hydrogens is 136 g/mol. The molecule has 0 radical (unpaired) electrons. The minimum Gasteiger partial charge on any atom is -0.465 e. The molecule has 3 N–H and O–H groups in total. The molecule has 0 aliphatic carbocycles. The number of urea groups is 1. The van der Waals surface area contributed by atoms with Crippen molar-refractivity contribution in [3.63, 3.8) is 0 Å². The number of nitrogens with one attached hydrogen (secondary N) is 2. The molecule has 0 saturated heterocycles. The van der Waals surface area contributed by atoms with Crippen LogP contribution in [-0.2, 0) is 0 Å². The Bertz CT molecular complexity index is 158. The second-order valence-electron chi connectivity index (χ2n) is 1.66. The second-order valence-corrected chi connectivity index (χ2v) is 1.66. The van der Waals surface area contributed by atoms with Crippen molar-refractivity contribution in [3.8, 4) is 0 Å². The van der Waals surface area contributed by atoms with Gasteiger partial charge in [0.15, 0.2) is 0 Å². The number of amides is 3. The molecule has 0 aliphatic heterocycles. The number of carboxylic acid groups (broad SMARTS) is 1. The highest BCUT2D eigenvalue weighted by atomic mass is 16.4. The summed E-state index contributed by atoms with van der Waals surface area (Å²) in [6.07, 6.45) is -1.39.